The van der Waals surface area contributed by atoms with Crippen molar-refractivity contribution in [3.05, 3.63) is 59.8 Å². The monoisotopic (exact) mass is 214 g/mol. The van der Waals surface area contributed by atoms with Crippen molar-refractivity contribution >= 4 is 0 Å². The van der Waals surface area contributed by atoms with Crippen LogP contribution in [-0.4, -0.2) is 18.0 Å². The number of rotatable bonds is 3. The first-order valence-corrected chi connectivity index (χ1v) is 5.65. The van der Waals surface area contributed by atoms with Crippen molar-refractivity contribution in [2.24, 2.45) is 5.73 Å². The summed E-state index contributed by atoms with van der Waals surface area (Å²) in [6, 6.07) is 10.6. The molecule has 1 aromatic carbocycles. The summed E-state index contributed by atoms with van der Waals surface area (Å²) in [4.78, 5) is 2.23. The van der Waals surface area contributed by atoms with Crippen molar-refractivity contribution in [3.63, 3.8) is 0 Å². The highest BCUT2D eigenvalue weighted by molar-refractivity contribution is 5.25. The van der Waals surface area contributed by atoms with Gasteiger partial charge in [0.25, 0.3) is 0 Å². The first-order chi connectivity index (χ1) is 7.75. The van der Waals surface area contributed by atoms with E-state index in [0.717, 1.165) is 13.0 Å². The van der Waals surface area contributed by atoms with Crippen molar-refractivity contribution in [3.8, 4) is 0 Å². The van der Waals surface area contributed by atoms with Gasteiger partial charge in [-0.25, -0.2) is 0 Å². The van der Waals surface area contributed by atoms with Gasteiger partial charge < -0.3 is 10.6 Å². The van der Waals surface area contributed by atoms with Gasteiger partial charge >= 0.3 is 0 Å². The summed E-state index contributed by atoms with van der Waals surface area (Å²) in [5.74, 6) is 0. The van der Waals surface area contributed by atoms with Crippen molar-refractivity contribution in [2.45, 2.75) is 19.0 Å². The summed E-state index contributed by atoms with van der Waals surface area (Å²) >= 11 is 0. The molecule has 2 nitrogen and oxygen atoms in total. The molecule has 0 fully saturated rings. The minimum Gasteiger partial charge on any atom is -0.370 e. The van der Waals surface area contributed by atoms with Crippen LogP contribution in [0.25, 0.3) is 0 Å². The van der Waals surface area contributed by atoms with E-state index >= 15 is 0 Å². The molecule has 0 saturated carbocycles. The largest absolute Gasteiger partial charge is 0.370 e. The van der Waals surface area contributed by atoms with Gasteiger partial charge in [0.05, 0.1) is 0 Å². The lowest BCUT2D eigenvalue weighted by molar-refractivity contribution is 0.419. The summed E-state index contributed by atoms with van der Waals surface area (Å²) in [5, 5.41) is 0. The van der Waals surface area contributed by atoms with Crippen LogP contribution in [0.3, 0.4) is 0 Å². The van der Waals surface area contributed by atoms with Crippen LogP contribution in [0, 0.1) is 0 Å². The first-order valence-electron chi connectivity index (χ1n) is 5.65. The molecule has 2 heteroatoms. The molecule has 1 aliphatic carbocycles. The number of hydrogen-bond donors (Lipinski definition) is 1. The second kappa shape index (κ2) is 4.99. The van der Waals surface area contributed by atoms with E-state index in [2.05, 4.69) is 54.4 Å². The number of allylic oxidation sites excluding steroid dienone is 1. The van der Waals surface area contributed by atoms with E-state index in [-0.39, 0.29) is 6.04 Å². The maximum absolute atomic E-state index is 5.90. The number of hydrogen-bond acceptors (Lipinski definition) is 2. The molecular weight excluding hydrogens is 196 g/mol. The number of likely N-dealkylation sites (N-methyl/N-ethyl adjacent to an activating group) is 1. The van der Waals surface area contributed by atoms with Crippen LogP contribution in [0.15, 0.2) is 54.3 Å². The van der Waals surface area contributed by atoms with Crippen LogP contribution in [0.4, 0.5) is 0 Å². The second-order valence-corrected chi connectivity index (χ2v) is 4.24. The van der Waals surface area contributed by atoms with E-state index in [0.29, 0.717) is 0 Å². The summed E-state index contributed by atoms with van der Waals surface area (Å²) in [7, 11) is 2.10. The van der Waals surface area contributed by atoms with Crippen molar-refractivity contribution in [2.75, 3.05) is 7.05 Å². The fraction of sp³-hybridized carbons (Fsp3) is 0.286. The fourth-order valence-electron chi connectivity index (χ4n) is 1.89. The van der Waals surface area contributed by atoms with Gasteiger partial charge in [0, 0.05) is 25.3 Å². The zero-order chi connectivity index (χ0) is 11.4. The number of nitrogens with zero attached hydrogens (tertiary/aromatic N) is 1. The van der Waals surface area contributed by atoms with E-state index in [9.17, 15) is 0 Å². The molecule has 1 aromatic rings. The fourth-order valence-corrected chi connectivity index (χ4v) is 1.89. The Morgan fingerprint density at radius 1 is 1.31 bits per heavy atom. The van der Waals surface area contributed by atoms with Gasteiger partial charge in [-0.2, -0.15) is 0 Å². The lowest BCUT2D eigenvalue weighted by Gasteiger charge is -2.24. The summed E-state index contributed by atoms with van der Waals surface area (Å²) in [6.45, 7) is 0.920. The third kappa shape index (κ3) is 2.74. The van der Waals surface area contributed by atoms with Crippen LogP contribution in [0.2, 0.25) is 0 Å². The molecule has 0 spiro atoms. The van der Waals surface area contributed by atoms with Crippen molar-refractivity contribution < 1.29 is 0 Å². The van der Waals surface area contributed by atoms with Crippen molar-refractivity contribution in [1.82, 2.24) is 4.90 Å². The molecule has 84 valence electrons. The normalized spacial score (nSPS) is 19.4. The Kier molecular flexibility index (Phi) is 3.42. The molecule has 1 atom stereocenters. The van der Waals surface area contributed by atoms with Crippen LogP contribution < -0.4 is 5.73 Å². The molecule has 0 heterocycles. The van der Waals surface area contributed by atoms with E-state index in [1.165, 1.54) is 11.3 Å². The van der Waals surface area contributed by atoms with Gasteiger partial charge in [-0.15, -0.1) is 0 Å². The Bertz CT molecular complexity index is 392. The van der Waals surface area contributed by atoms with Gasteiger partial charge in [-0.05, 0) is 24.1 Å². The third-order valence-electron chi connectivity index (χ3n) is 2.79. The Morgan fingerprint density at radius 2 is 2.06 bits per heavy atom. The van der Waals surface area contributed by atoms with Crippen LogP contribution in [0.5, 0.6) is 0 Å². The Hall–Kier alpha value is -1.54. The molecule has 0 bridgehead atoms. The molecule has 1 unspecified atom stereocenters. The van der Waals surface area contributed by atoms with E-state index < -0.39 is 0 Å². The zero-order valence-corrected chi connectivity index (χ0v) is 9.63. The van der Waals surface area contributed by atoms with Gasteiger partial charge in [-0.3, -0.25) is 0 Å². The highest BCUT2D eigenvalue weighted by Gasteiger charge is 2.08. The standard InChI is InChI=1S/C14H18N2/c1-16(11-12-6-3-2-4-7-12)14-9-5-8-13(15)10-14/h2-7,9-10,13H,8,11,15H2,1H3. The van der Waals surface area contributed by atoms with Crippen LogP contribution in [0.1, 0.15) is 12.0 Å². The first kappa shape index (κ1) is 11.0. The van der Waals surface area contributed by atoms with Crippen LogP contribution >= 0.6 is 0 Å². The molecule has 0 amide bonds. The molecular formula is C14H18N2. The highest BCUT2D eigenvalue weighted by Crippen LogP contribution is 2.15. The van der Waals surface area contributed by atoms with E-state index in [1.54, 1.807) is 0 Å². The lowest BCUT2D eigenvalue weighted by atomic mass is 10.1. The maximum atomic E-state index is 5.90. The minimum atomic E-state index is 0.165. The number of benzene rings is 1. The van der Waals surface area contributed by atoms with Gasteiger partial charge in [0.15, 0.2) is 0 Å². The summed E-state index contributed by atoms with van der Waals surface area (Å²) < 4.78 is 0. The smallest absolute Gasteiger partial charge is 0.0426 e. The lowest BCUT2D eigenvalue weighted by Crippen LogP contribution is -2.24. The zero-order valence-electron chi connectivity index (χ0n) is 9.63. The number of nitrogens with two attached hydrogens (primary N) is 1. The van der Waals surface area contributed by atoms with Crippen LogP contribution in [-0.2, 0) is 6.54 Å². The van der Waals surface area contributed by atoms with Gasteiger partial charge in [-0.1, -0.05) is 36.4 Å². The molecule has 0 radical (unpaired) electrons. The molecule has 0 saturated heterocycles. The third-order valence-corrected chi connectivity index (χ3v) is 2.79. The molecule has 1 aliphatic rings. The molecule has 0 aliphatic heterocycles. The predicted octanol–water partition coefficient (Wildman–Crippen LogP) is 2.29. The van der Waals surface area contributed by atoms with E-state index in [1.807, 2.05) is 6.07 Å². The maximum Gasteiger partial charge on any atom is 0.0426 e. The van der Waals surface area contributed by atoms with Gasteiger partial charge in [0.1, 0.15) is 0 Å². The van der Waals surface area contributed by atoms with E-state index in [4.69, 9.17) is 5.73 Å². The molecule has 2 N–H and O–H groups in total. The topological polar surface area (TPSA) is 29.3 Å². The molecule has 16 heavy (non-hydrogen) atoms. The second-order valence-electron chi connectivity index (χ2n) is 4.24. The Morgan fingerprint density at radius 3 is 2.75 bits per heavy atom. The van der Waals surface area contributed by atoms with Crippen molar-refractivity contribution in [1.29, 1.82) is 0 Å². The Balaban J connectivity index is 2.03. The summed E-state index contributed by atoms with van der Waals surface area (Å²) in [6.07, 6.45) is 7.36. The summed E-state index contributed by atoms with van der Waals surface area (Å²) in [5.41, 5.74) is 8.43. The predicted molar refractivity (Wildman–Crippen MR) is 67.7 cm³/mol. The minimum absolute atomic E-state index is 0.165. The molecule has 2 rings (SSSR count). The van der Waals surface area contributed by atoms with Gasteiger partial charge in [0.2, 0.25) is 0 Å². The highest BCUT2D eigenvalue weighted by atomic mass is 15.1. The molecule has 0 aromatic heterocycles. The average Bonchev–Trinajstić information content (AvgIpc) is 2.30. The Labute approximate surface area is 97.1 Å². The average molecular weight is 214 g/mol. The SMILES string of the molecule is CN(Cc1ccccc1)C1=CC(N)CC=C1. The quantitative estimate of drug-likeness (QED) is 0.836.